The number of allylic oxidation sites excluding steroid dienone is 2. The third-order valence-electron chi connectivity index (χ3n) is 11.6. The number of hydrogen-bond donors (Lipinski definition) is 2. The molecule has 0 saturated carbocycles. The van der Waals surface area contributed by atoms with Crippen molar-refractivity contribution in [2.45, 2.75) is 78.2 Å². The monoisotopic (exact) mass is 692 g/mol. The van der Waals surface area contributed by atoms with E-state index in [0.717, 1.165) is 96.4 Å². The van der Waals surface area contributed by atoms with Crippen molar-refractivity contribution in [3.8, 4) is 0 Å². The Morgan fingerprint density at radius 3 is 2.56 bits per heavy atom. The van der Waals surface area contributed by atoms with E-state index >= 15 is 4.79 Å². The van der Waals surface area contributed by atoms with Gasteiger partial charge in [-0.3, -0.25) is 14.0 Å². The minimum Gasteiger partial charge on any atom is -0.469 e. The number of aromatic amines is 2. The van der Waals surface area contributed by atoms with Crippen LogP contribution in [0.2, 0.25) is 0 Å². The highest BCUT2D eigenvalue weighted by molar-refractivity contribution is 6.10. The number of aryl methyl sites for hydroxylation is 2. The van der Waals surface area contributed by atoms with Gasteiger partial charge in [0.2, 0.25) is 0 Å². The Bertz CT molecular complexity index is 2780. The van der Waals surface area contributed by atoms with E-state index in [4.69, 9.17) is 19.7 Å². The molecule has 5 aromatic heterocycles. The van der Waals surface area contributed by atoms with E-state index in [2.05, 4.69) is 73.0 Å². The van der Waals surface area contributed by atoms with E-state index in [9.17, 15) is 4.79 Å². The maximum absolute atomic E-state index is 15.0. The van der Waals surface area contributed by atoms with Crippen LogP contribution in [-0.4, -0.2) is 48.9 Å². The fraction of sp³-hybridized carbons (Fsp3) is 0.341. The lowest BCUT2D eigenvalue weighted by Crippen LogP contribution is -2.16. The Morgan fingerprint density at radius 2 is 1.79 bits per heavy atom. The molecule has 52 heavy (non-hydrogen) atoms. The first kappa shape index (κ1) is 32.2. The van der Waals surface area contributed by atoms with Crippen molar-refractivity contribution in [1.29, 1.82) is 0 Å². The number of esters is 1. The average molecular weight is 693 g/mol. The van der Waals surface area contributed by atoms with Crippen LogP contribution in [0.3, 0.4) is 0 Å². The molecule has 3 aliphatic heterocycles. The third-order valence-corrected chi connectivity index (χ3v) is 11.6. The second kappa shape index (κ2) is 11.9. The van der Waals surface area contributed by atoms with Gasteiger partial charge in [0.05, 0.1) is 58.5 Å². The van der Waals surface area contributed by atoms with Crippen molar-refractivity contribution in [1.82, 2.24) is 29.3 Å². The molecule has 3 aliphatic rings. The summed E-state index contributed by atoms with van der Waals surface area (Å²) in [6, 6.07) is 14.1. The SMILES string of the molecule is CCC1=C(C)c2cc3[nH]c(cc4[nH]c(c5c(=O)n6c7ccccc7nc6c6c(C)c(cc1n2)nc56)[C@@H](CCC(=O)OC)[C@@H]4C)c(C)c3C1CCN=N1. The summed E-state index contributed by atoms with van der Waals surface area (Å²) in [7, 11) is 1.41. The van der Waals surface area contributed by atoms with Crippen LogP contribution in [0.5, 0.6) is 0 Å². The number of rotatable bonds is 5. The number of H-pyrrole nitrogens is 2. The molecule has 0 radical (unpaired) electrons. The lowest BCUT2D eigenvalue weighted by molar-refractivity contribution is -0.140. The van der Waals surface area contributed by atoms with Crippen molar-refractivity contribution >= 4 is 66.6 Å². The number of fused-ring (bicyclic) bond motifs is 12. The lowest BCUT2D eigenvalue weighted by atomic mass is 9.86. The molecule has 1 aromatic carbocycles. The summed E-state index contributed by atoms with van der Waals surface area (Å²) >= 11 is 0. The molecule has 0 fully saturated rings. The van der Waals surface area contributed by atoms with Gasteiger partial charge in [0.15, 0.2) is 5.65 Å². The minimum atomic E-state index is -0.288. The normalized spacial score (nSPS) is 18.8. The average Bonchev–Trinajstić information content (AvgIpc) is 3.98. The summed E-state index contributed by atoms with van der Waals surface area (Å²) in [5, 5.41) is 10.3. The molecule has 6 aromatic rings. The number of ether oxygens (including phenoxy) is 1. The number of hydrogen-bond acceptors (Lipinski definition) is 8. The van der Waals surface area contributed by atoms with Crippen LogP contribution < -0.4 is 5.56 Å². The summed E-state index contributed by atoms with van der Waals surface area (Å²) in [6.07, 6.45) is 2.36. The van der Waals surface area contributed by atoms with Crippen LogP contribution in [0.1, 0.15) is 104 Å². The molecule has 0 spiro atoms. The first-order chi connectivity index (χ1) is 25.2. The van der Waals surface area contributed by atoms with Gasteiger partial charge < -0.3 is 14.7 Å². The number of methoxy groups -OCH3 is 1. The summed E-state index contributed by atoms with van der Waals surface area (Å²) in [4.78, 5) is 50.5. The molecular formula is C41H40N8O3. The number of nitrogens with zero attached hydrogens (tertiary/aromatic N) is 6. The summed E-state index contributed by atoms with van der Waals surface area (Å²) in [5.41, 5.74) is 14.1. The quantitative estimate of drug-likeness (QED) is 0.173. The number of imidazole rings is 1. The van der Waals surface area contributed by atoms with E-state index in [1.165, 1.54) is 7.11 Å². The number of carbonyl (C=O) groups is 1. The lowest BCUT2D eigenvalue weighted by Gasteiger charge is -2.16. The summed E-state index contributed by atoms with van der Waals surface area (Å²) < 4.78 is 6.81. The maximum Gasteiger partial charge on any atom is 0.305 e. The molecule has 1 unspecified atom stereocenters. The highest BCUT2D eigenvalue weighted by atomic mass is 16.5. The van der Waals surface area contributed by atoms with Crippen LogP contribution in [0.15, 0.2) is 57.5 Å². The van der Waals surface area contributed by atoms with E-state index in [1.807, 2.05) is 24.3 Å². The number of para-hydroxylation sites is 2. The van der Waals surface area contributed by atoms with Crippen LogP contribution >= 0.6 is 0 Å². The molecule has 11 nitrogen and oxygen atoms in total. The zero-order valence-electron chi connectivity index (χ0n) is 30.2. The van der Waals surface area contributed by atoms with Crippen LogP contribution in [0, 0.1) is 13.8 Å². The first-order valence-electron chi connectivity index (χ1n) is 18.1. The van der Waals surface area contributed by atoms with Crippen molar-refractivity contribution in [3.63, 3.8) is 0 Å². The van der Waals surface area contributed by atoms with Crippen LogP contribution in [0.25, 0.3) is 60.7 Å². The zero-order chi connectivity index (χ0) is 36.0. The van der Waals surface area contributed by atoms with E-state index in [0.29, 0.717) is 29.5 Å². The Balaban J connectivity index is 1.49. The van der Waals surface area contributed by atoms with Crippen molar-refractivity contribution in [2.75, 3.05) is 13.7 Å². The largest absolute Gasteiger partial charge is 0.469 e. The second-order valence-electron chi connectivity index (χ2n) is 14.3. The number of azo groups is 1. The molecule has 0 saturated heterocycles. The summed E-state index contributed by atoms with van der Waals surface area (Å²) in [6.45, 7) is 11.3. The Labute approximate surface area is 299 Å². The zero-order valence-corrected chi connectivity index (χ0v) is 30.2. The molecule has 9 rings (SSSR count). The Morgan fingerprint density at radius 1 is 0.962 bits per heavy atom. The first-order valence-corrected chi connectivity index (χ1v) is 18.1. The highest BCUT2D eigenvalue weighted by Gasteiger charge is 2.33. The van der Waals surface area contributed by atoms with Crippen molar-refractivity contribution in [3.05, 3.63) is 92.3 Å². The van der Waals surface area contributed by atoms with Crippen molar-refractivity contribution < 1.29 is 9.53 Å². The van der Waals surface area contributed by atoms with Crippen molar-refractivity contribution in [2.24, 2.45) is 10.2 Å². The molecule has 2 N–H and O–H groups in total. The topological polar surface area (TPSA) is 143 Å². The predicted molar refractivity (Wildman–Crippen MR) is 204 cm³/mol. The van der Waals surface area contributed by atoms with Gasteiger partial charge in [-0.15, -0.1) is 0 Å². The standard InChI is InChI=1S/C41H40N8O3/c1-7-23-19(2)27-18-32-35(26-14-15-42-48-26)21(4)29(44-32)16-28-20(3)24(12-13-34(50)52-6)38(45-28)37-39-36(22(5)30(46-39)17-31(23)43-27)40-47-25-10-8-9-11-33(25)49(40)41(37)51/h8-11,16-18,20,24,26,44-45H,7,12-15H2,1-6H3/t20-,24-,26?/m0/s1. The van der Waals surface area contributed by atoms with E-state index in [1.54, 1.807) is 4.40 Å². The van der Waals surface area contributed by atoms with Crippen LogP contribution in [-0.2, 0) is 9.53 Å². The molecule has 8 heterocycles. The molecule has 8 bridgehead atoms. The maximum atomic E-state index is 15.0. The molecule has 262 valence electrons. The Kier molecular flexibility index (Phi) is 7.39. The number of aromatic nitrogens is 6. The van der Waals surface area contributed by atoms with Gasteiger partial charge in [-0.2, -0.15) is 10.2 Å². The Hall–Kier alpha value is -5.71. The van der Waals surface area contributed by atoms with Crippen LogP contribution in [0.4, 0.5) is 0 Å². The fourth-order valence-corrected chi connectivity index (χ4v) is 8.72. The molecular weight excluding hydrogens is 653 g/mol. The van der Waals surface area contributed by atoms with Gasteiger partial charge in [0.25, 0.3) is 5.56 Å². The molecule has 3 atom stereocenters. The number of nitrogens with one attached hydrogen (secondary N) is 2. The fourth-order valence-electron chi connectivity index (χ4n) is 8.72. The van der Waals surface area contributed by atoms with Gasteiger partial charge in [-0.05, 0) is 92.6 Å². The smallest absolute Gasteiger partial charge is 0.305 e. The third kappa shape index (κ3) is 4.67. The minimum absolute atomic E-state index is 0.0464. The van der Waals surface area contributed by atoms with Gasteiger partial charge >= 0.3 is 5.97 Å². The van der Waals surface area contributed by atoms with Gasteiger partial charge in [-0.1, -0.05) is 26.0 Å². The molecule has 0 amide bonds. The number of benzene rings is 1. The summed E-state index contributed by atoms with van der Waals surface area (Å²) in [5.74, 6) is -0.532. The number of carbonyl (C=O) groups excluding carboxylic acids is 1. The molecule has 11 heteroatoms. The van der Waals surface area contributed by atoms with E-state index in [-0.39, 0.29) is 35.8 Å². The predicted octanol–water partition coefficient (Wildman–Crippen LogP) is 8.76. The second-order valence-corrected chi connectivity index (χ2v) is 14.3. The molecule has 0 aliphatic carbocycles. The number of pyridine rings is 1. The van der Waals surface area contributed by atoms with E-state index < -0.39 is 0 Å². The van der Waals surface area contributed by atoms with Gasteiger partial charge in [0, 0.05) is 51.6 Å². The van der Waals surface area contributed by atoms with Gasteiger partial charge in [-0.25, -0.2) is 15.0 Å². The highest BCUT2D eigenvalue weighted by Crippen LogP contribution is 2.44. The van der Waals surface area contributed by atoms with Gasteiger partial charge in [0.1, 0.15) is 0 Å².